The van der Waals surface area contributed by atoms with Crippen molar-refractivity contribution >= 4 is 11.3 Å². The Morgan fingerprint density at radius 3 is 3.04 bits per heavy atom. The van der Waals surface area contributed by atoms with Crippen molar-refractivity contribution < 1.29 is 9.26 Å². The Balaban J connectivity index is 1.40. The molecule has 0 unspecified atom stereocenters. The number of nitrogens with zero attached hydrogens (tertiary/aromatic N) is 4. The summed E-state index contributed by atoms with van der Waals surface area (Å²) < 4.78 is 10.4. The van der Waals surface area contributed by atoms with Gasteiger partial charge >= 0.3 is 0 Å². The largest absolute Gasteiger partial charge is 0.377 e. The number of fused-ring (bicyclic) bond motifs is 1. The summed E-state index contributed by atoms with van der Waals surface area (Å²) in [6.45, 7) is 3.24. The molecule has 3 heterocycles. The van der Waals surface area contributed by atoms with Gasteiger partial charge in [0, 0.05) is 24.4 Å². The van der Waals surface area contributed by atoms with Gasteiger partial charge in [-0.1, -0.05) is 5.16 Å². The van der Waals surface area contributed by atoms with Gasteiger partial charge in [-0.3, -0.25) is 4.90 Å². The number of thiazole rings is 1. The van der Waals surface area contributed by atoms with Crippen LogP contribution in [0.4, 0.5) is 0 Å². The third-order valence-electron chi connectivity index (χ3n) is 4.86. The maximum atomic E-state index is 5.33. The molecule has 0 N–H and O–H groups in total. The van der Waals surface area contributed by atoms with E-state index in [0.717, 1.165) is 19.6 Å². The monoisotopic (exact) mass is 348 g/mol. The minimum Gasteiger partial charge on any atom is -0.377 e. The Labute approximate surface area is 146 Å². The van der Waals surface area contributed by atoms with Gasteiger partial charge in [-0.15, -0.1) is 11.3 Å². The lowest BCUT2D eigenvalue weighted by molar-refractivity contribution is 0.171. The number of methoxy groups -OCH3 is 1. The molecular formula is C17H24N4O2S. The maximum Gasteiger partial charge on any atom is 0.240 e. The first-order valence-corrected chi connectivity index (χ1v) is 9.64. The van der Waals surface area contributed by atoms with Gasteiger partial charge in [0.05, 0.1) is 17.2 Å². The SMILES string of the molecule is COCc1noc(CN2CCC[C@@H](c3nc4c(s3)CCCC4)C2)n1. The zero-order valence-electron chi connectivity index (χ0n) is 14.2. The first-order valence-electron chi connectivity index (χ1n) is 8.83. The Morgan fingerprint density at radius 1 is 1.25 bits per heavy atom. The minimum atomic E-state index is 0.400. The van der Waals surface area contributed by atoms with Gasteiger partial charge in [0.1, 0.15) is 6.61 Å². The highest BCUT2D eigenvalue weighted by Crippen LogP contribution is 2.34. The van der Waals surface area contributed by atoms with Crippen LogP contribution in [0, 0.1) is 0 Å². The van der Waals surface area contributed by atoms with E-state index >= 15 is 0 Å². The van der Waals surface area contributed by atoms with Gasteiger partial charge in [0.2, 0.25) is 5.89 Å². The fraction of sp³-hybridized carbons (Fsp3) is 0.706. The second kappa shape index (κ2) is 7.29. The topological polar surface area (TPSA) is 64.3 Å². The summed E-state index contributed by atoms with van der Waals surface area (Å²) in [5, 5.41) is 5.29. The van der Waals surface area contributed by atoms with Crippen LogP contribution in [0.5, 0.6) is 0 Å². The van der Waals surface area contributed by atoms with Crippen molar-refractivity contribution in [2.75, 3.05) is 20.2 Å². The molecule has 0 saturated carbocycles. The van der Waals surface area contributed by atoms with Crippen molar-refractivity contribution in [2.45, 2.75) is 57.6 Å². The van der Waals surface area contributed by atoms with Crippen LogP contribution in [0.25, 0.3) is 0 Å². The summed E-state index contributed by atoms with van der Waals surface area (Å²) in [4.78, 5) is 13.3. The average molecular weight is 348 g/mol. The van der Waals surface area contributed by atoms with Gasteiger partial charge in [-0.25, -0.2) is 4.98 Å². The summed E-state index contributed by atoms with van der Waals surface area (Å²) in [6, 6.07) is 0. The van der Waals surface area contributed by atoms with Crippen LogP contribution in [-0.2, 0) is 30.7 Å². The van der Waals surface area contributed by atoms with Crippen molar-refractivity contribution in [2.24, 2.45) is 0 Å². The molecule has 7 heteroatoms. The molecule has 6 nitrogen and oxygen atoms in total. The molecule has 1 atom stereocenters. The number of ether oxygens (including phenoxy) is 1. The highest BCUT2D eigenvalue weighted by molar-refractivity contribution is 7.11. The van der Waals surface area contributed by atoms with Crippen molar-refractivity contribution in [3.63, 3.8) is 0 Å². The molecule has 130 valence electrons. The molecule has 24 heavy (non-hydrogen) atoms. The first-order chi connectivity index (χ1) is 11.8. The van der Waals surface area contributed by atoms with Crippen molar-refractivity contribution in [3.8, 4) is 0 Å². The number of aromatic nitrogens is 3. The molecule has 2 aromatic heterocycles. The van der Waals surface area contributed by atoms with E-state index in [-0.39, 0.29) is 0 Å². The van der Waals surface area contributed by atoms with Crippen molar-refractivity contribution in [1.82, 2.24) is 20.0 Å². The Morgan fingerprint density at radius 2 is 2.17 bits per heavy atom. The highest BCUT2D eigenvalue weighted by Gasteiger charge is 2.27. The number of aryl methyl sites for hydroxylation is 2. The smallest absolute Gasteiger partial charge is 0.240 e. The van der Waals surface area contributed by atoms with E-state index in [9.17, 15) is 0 Å². The lowest BCUT2D eigenvalue weighted by atomic mass is 9.98. The molecule has 1 aliphatic carbocycles. The summed E-state index contributed by atoms with van der Waals surface area (Å²) in [7, 11) is 1.64. The fourth-order valence-electron chi connectivity index (χ4n) is 3.68. The second-order valence-electron chi connectivity index (χ2n) is 6.74. The van der Waals surface area contributed by atoms with E-state index < -0.39 is 0 Å². The molecule has 4 rings (SSSR count). The van der Waals surface area contributed by atoms with Crippen LogP contribution >= 0.6 is 11.3 Å². The Hall–Kier alpha value is -1.31. The quantitative estimate of drug-likeness (QED) is 0.828. The van der Waals surface area contributed by atoms with Crippen molar-refractivity contribution in [1.29, 1.82) is 0 Å². The first kappa shape index (κ1) is 16.2. The van der Waals surface area contributed by atoms with E-state index in [0.29, 0.717) is 24.2 Å². The number of hydrogen-bond donors (Lipinski definition) is 0. The van der Waals surface area contributed by atoms with Gasteiger partial charge < -0.3 is 9.26 Å². The molecule has 2 aliphatic rings. The van der Waals surface area contributed by atoms with Gasteiger partial charge in [0.25, 0.3) is 0 Å². The van der Waals surface area contributed by atoms with Crippen LogP contribution in [0.3, 0.4) is 0 Å². The van der Waals surface area contributed by atoms with Crippen molar-refractivity contribution in [3.05, 3.63) is 27.3 Å². The molecular weight excluding hydrogens is 324 g/mol. The van der Waals surface area contributed by atoms with Crippen LogP contribution < -0.4 is 0 Å². The van der Waals surface area contributed by atoms with E-state index in [1.807, 2.05) is 11.3 Å². The predicted octanol–water partition coefficient (Wildman–Crippen LogP) is 2.93. The van der Waals surface area contributed by atoms with Crippen LogP contribution in [0.2, 0.25) is 0 Å². The number of likely N-dealkylation sites (tertiary alicyclic amines) is 1. The predicted molar refractivity (Wildman–Crippen MR) is 91.0 cm³/mol. The van der Waals surface area contributed by atoms with E-state index in [2.05, 4.69) is 15.0 Å². The maximum absolute atomic E-state index is 5.33. The third-order valence-corrected chi connectivity index (χ3v) is 6.18. The van der Waals surface area contributed by atoms with E-state index in [1.54, 1.807) is 7.11 Å². The molecule has 0 aromatic carbocycles. The molecule has 0 radical (unpaired) electrons. The normalized spacial score (nSPS) is 21.8. The Bertz CT molecular complexity index is 660. The summed E-state index contributed by atoms with van der Waals surface area (Å²) >= 11 is 1.96. The molecule has 1 aliphatic heterocycles. The van der Waals surface area contributed by atoms with Gasteiger partial charge in [-0.2, -0.15) is 4.98 Å². The lowest BCUT2D eigenvalue weighted by Gasteiger charge is -2.30. The van der Waals surface area contributed by atoms with E-state index in [4.69, 9.17) is 14.2 Å². The molecule has 0 amide bonds. The fourth-order valence-corrected chi connectivity index (χ4v) is 4.96. The highest BCUT2D eigenvalue weighted by atomic mass is 32.1. The number of piperidine rings is 1. The standard InChI is InChI=1S/C17H24N4O2S/c1-22-11-15-19-16(23-20-15)10-21-8-4-5-12(9-21)17-18-13-6-2-3-7-14(13)24-17/h12H,2-11H2,1H3/t12-/m1/s1. The average Bonchev–Trinajstić information content (AvgIpc) is 3.22. The third kappa shape index (κ3) is 3.53. The summed E-state index contributed by atoms with van der Waals surface area (Å²) in [5.41, 5.74) is 1.37. The van der Waals surface area contributed by atoms with Gasteiger partial charge in [-0.05, 0) is 45.1 Å². The molecule has 1 saturated heterocycles. The van der Waals surface area contributed by atoms with Crippen LogP contribution in [-0.4, -0.2) is 40.2 Å². The zero-order chi connectivity index (χ0) is 16.4. The molecule has 2 aromatic rings. The Kier molecular flexibility index (Phi) is 4.91. The molecule has 0 bridgehead atoms. The zero-order valence-corrected chi connectivity index (χ0v) is 15.0. The summed E-state index contributed by atoms with van der Waals surface area (Å²) in [5.74, 6) is 1.85. The number of rotatable bonds is 5. The second-order valence-corrected chi connectivity index (χ2v) is 7.86. The minimum absolute atomic E-state index is 0.400. The summed E-state index contributed by atoms with van der Waals surface area (Å²) in [6.07, 6.45) is 7.47. The van der Waals surface area contributed by atoms with Crippen LogP contribution in [0.1, 0.15) is 58.9 Å². The van der Waals surface area contributed by atoms with Gasteiger partial charge in [0.15, 0.2) is 5.82 Å². The number of hydrogen-bond acceptors (Lipinski definition) is 7. The molecule has 1 fully saturated rings. The van der Waals surface area contributed by atoms with Crippen LogP contribution in [0.15, 0.2) is 4.52 Å². The van der Waals surface area contributed by atoms with E-state index in [1.165, 1.54) is 54.1 Å². The lowest BCUT2D eigenvalue weighted by Crippen LogP contribution is -2.34. The molecule has 0 spiro atoms.